The molecule has 1 N–H and O–H groups in total. The van der Waals surface area contributed by atoms with Gasteiger partial charge in [-0.3, -0.25) is 0 Å². The first-order valence-corrected chi connectivity index (χ1v) is 10.6. The van der Waals surface area contributed by atoms with E-state index in [0.717, 1.165) is 36.4 Å². The Hall–Kier alpha value is -1.97. The Balaban J connectivity index is 1.58. The lowest BCUT2D eigenvalue weighted by Crippen LogP contribution is -2.16. The van der Waals surface area contributed by atoms with E-state index in [9.17, 15) is 0 Å². The molecule has 2 aromatic rings. The normalized spacial score (nSPS) is 13.9. The third-order valence-corrected chi connectivity index (χ3v) is 5.32. The lowest BCUT2D eigenvalue weighted by Gasteiger charge is -2.16. The van der Waals surface area contributed by atoms with Gasteiger partial charge in [0.2, 0.25) is 0 Å². The first-order valence-electron chi connectivity index (χ1n) is 10.3. The van der Waals surface area contributed by atoms with Gasteiger partial charge in [-0.15, -0.1) is 0 Å². The molecule has 0 saturated heterocycles. The number of halogens is 1. The highest BCUT2D eigenvalue weighted by Crippen LogP contribution is 2.34. The van der Waals surface area contributed by atoms with Crippen LogP contribution in [-0.2, 0) is 13.2 Å². The van der Waals surface area contributed by atoms with Crippen molar-refractivity contribution in [2.24, 2.45) is 0 Å². The second-order valence-electron chi connectivity index (χ2n) is 7.13. The summed E-state index contributed by atoms with van der Waals surface area (Å²) in [6, 6.07) is 14.0. The summed E-state index contributed by atoms with van der Waals surface area (Å²) in [5.74, 6) is 1.43. The van der Waals surface area contributed by atoms with E-state index < -0.39 is 0 Å². The van der Waals surface area contributed by atoms with Crippen LogP contribution in [0.1, 0.15) is 50.2 Å². The summed E-state index contributed by atoms with van der Waals surface area (Å²) in [6.45, 7) is 4.75. The van der Waals surface area contributed by atoms with Crippen LogP contribution in [0.25, 0.3) is 0 Å². The zero-order valence-electron chi connectivity index (χ0n) is 16.7. The number of allylic oxidation sites excluding steroid dienone is 1. The second-order valence-corrected chi connectivity index (χ2v) is 7.54. The van der Waals surface area contributed by atoms with Crippen molar-refractivity contribution in [2.75, 3.05) is 13.2 Å². The van der Waals surface area contributed by atoms with Gasteiger partial charge in [-0.2, -0.15) is 0 Å². The van der Waals surface area contributed by atoms with Crippen LogP contribution in [0.2, 0.25) is 5.02 Å². The van der Waals surface area contributed by atoms with Crippen molar-refractivity contribution < 1.29 is 9.47 Å². The molecule has 0 fully saturated rings. The van der Waals surface area contributed by atoms with Gasteiger partial charge in [0.25, 0.3) is 0 Å². The van der Waals surface area contributed by atoms with Gasteiger partial charge in [0.05, 0.1) is 6.61 Å². The number of benzene rings is 2. The van der Waals surface area contributed by atoms with Gasteiger partial charge >= 0.3 is 0 Å². The predicted octanol–water partition coefficient (Wildman–Crippen LogP) is 6.30. The molecule has 1 aliphatic carbocycles. The molecule has 28 heavy (non-hydrogen) atoms. The maximum atomic E-state index is 6.52. The molecule has 1 aliphatic rings. The Bertz CT molecular complexity index is 774. The van der Waals surface area contributed by atoms with E-state index in [1.807, 2.05) is 49.4 Å². The lowest BCUT2D eigenvalue weighted by atomic mass is 9.97. The second kappa shape index (κ2) is 11.1. The van der Waals surface area contributed by atoms with Gasteiger partial charge in [-0.25, -0.2) is 0 Å². The van der Waals surface area contributed by atoms with E-state index in [-0.39, 0.29) is 0 Å². The van der Waals surface area contributed by atoms with E-state index in [0.29, 0.717) is 24.0 Å². The molecule has 0 aliphatic heterocycles. The minimum Gasteiger partial charge on any atom is -0.490 e. The smallest absolute Gasteiger partial charge is 0.163 e. The molecule has 4 heteroatoms. The monoisotopic (exact) mass is 399 g/mol. The predicted molar refractivity (Wildman–Crippen MR) is 116 cm³/mol. The third-order valence-electron chi connectivity index (χ3n) is 4.97. The lowest BCUT2D eigenvalue weighted by molar-refractivity contribution is 0.269. The maximum Gasteiger partial charge on any atom is 0.163 e. The first-order chi connectivity index (χ1) is 13.8. The molecule has 0 unspecified atom stereocenters. The molecule has 0 atom stereocenters. The summed E-state index contributed by atoms with van der Waals surface area (Å²) in [5.41, 5.74) is 3.74. The van der Waals surface area contributed by atoms with Crippen LogP contribution < -0.4 is 14.8 Å². The standard InChI is InChI=1S/C24H30ClNO2/c1-2-27-23-15-21(17-26-14-13-19-9-5-3-6-10-19)22(25)16-24(23)28-18-20-11-7-4-8-12-20/h4,7-9,11-12,15-16,26H,2-3,5-6,10,13-14,17-18H2,1H3. The van der Waals surface area contributed by atoms with E-state index >= 15 is 0 Å². The fraction of sp³-hybridized carbons (Fsp3) is 0.417. The molecule has 3 rings (SSSR count). The summed E-state index contributed by atoms with van der Waals surface area (Å²) >= 11 is 6.52. The van der Waals surface area contributed by atoms with E-state index in [4.69, 9.17) is 21.1 Å². The van der Waals surface area contributed by atoms with E-state index in [1.54, 1.807) is 5.57 Å². The quantitative estimate of drug-likeness (QED) is 0.375. The topological polar surface area (TPSA) is 30.5 Å². The van der Waals surface area contributed by atoms with Gasteiger partial charge < -0.3 is 14.8 Å². The number of rotatable bonds is 10. The summed E-state index contributed by atoms with van der Waals surface area (Å²) < 4.78 is 11.8. The summed E-state index contributed by atoms with van der Waals surface area (Å²) in [6.07, 6.45) is 8.69. The Morgan fingerprint density at radius 3 is 2.61 bits per heavy atom. The van der Waals surface area contributed by atoms with Crippen molar-refractivity contribution in [2.45, 2.75) is 52.2 Å². The Labute approximate surface area is 173 Å². The number of hydrogen-bond acceptors (Lipinski definition) is 3. The van der Waals surface area contributed by atoms with Crippen LogP contribution in [0.3, 0.4) is 0 Å². The maximum absolute atomic E-state index is 6.52. The van der Waals surface area contributed by atoms with Crippen LogP contribution in [0.4, 0.5) is 0 Å². The molecule has 0 spiro atoms. The van der Waals surface area contributed by atoms with Crippen molar-refractivity contribution in [3.8, 4) is 11.5 Å². The Morgan fingerprint density at radius 2 is 1.86 bits per heavy atom. The fourth-order valence-electron chi connectivity index (χ4n) is 3.43. The Morgan fingerprint density at radius 1 is 1.04 bits per heavy atom. The molecule has 3 nitrogen and oxygen atoms in total. The zero-order valence-corrected chi connectivity index (χ0v) is 17.4. The average Bonchev–Trinajstić information content (AvgIpc) is 2.73. The summed E-state index contributed by atoms with van der Waals surface area (Å²) in [4.78, 5) is 0. The molecule has 0 aromatic heterocycles. The molecule has 0 heterocycles. The van der Waals surface area contributed by atoms with E-state index in [2.05, 4.69) is 11.4 Å². The van der Waals surface area contributed by atoms with Crippen LogP contribution in [0.15, 0.2) is 54.1 Å². The van der Waals surface area contributed by atoms with Crippen LogP contribution in [0, 0.1) is 0 Å². The van der Waals surface area contributed by atoms with Gasteiger partial charge in [0.1, 0.15) is 6.61 Å². The zero-order chi connectivity index (χ0) is 19.6. The minimum atomic E-state index is 0.490. The van der Waals surface area contributed by atoms with Crippen LogP contribution in [0.5, 0.6) is 11.5 Å². The summed E-state index contributed by atoms with van der Waals surface area (Å²) in [7, 11) is 0. The van der Waals surface area contributed by atoms with Crippen molar-refractivity contribution in [3.05, 3.63) is 70.3 Å². The molecule has 0 bridgehead atoms. The third kappa shape index (κ3) is 6.29. The highest BCUT2D eigenvalue weighted by atomic mass is 35.5. The molecular formula is C24H30ClNO2. The van der Waals surface area contributed by atoms with Gasteiger partial charge in [-0.05, 0) is 62.8 Å². The van der Waals surface area contributed by atoms with Crippen LogP contribution >= 0.6 is 11.6 Å². The minimum absolute atomic E-state index is 0.490. The van der Waals surface area contributed by atoms with Crippen molar-refractivity contribution in [3.63, 3.8) is 0 Å². The van der Waals surface area contributed by atoms with Gasteiger partial charge in [0.15, 0.2) is 11.5 Å². The fourth-order valence-corrected chi connectivity index (χ4v) is 3.65. The van der Waals surface area contributed by atoms with Gasteiger partial charge in [-0.1, -0.05) is 53.6 Å². The van der Waals surface area contributed by atoms with Crippen LogP contribution in [-0.4, -0.2) is 13.2 Å². The number of nitrogens with one attached hydrogen (secondary N) is 1. The number of hydrogen-bond donors (Lipinski definition) is 1. The summed E-state index contributed by atoms with van der Waals surface area (Å²) in [5, 5.41) is 4.22. The van der Waals surface area contributed by atoms with E-state index in [1.165, 1.54) is 25.7 Å². The first kappa shape index (κ1) is 20.8. The largest absolute Gasteiger partial charge is 0.490 e. The highest BCUT2D eigenvalue weighted by molar-refractivity contribution is 6.31. The highest BCUT2D eigenvalue weighted by Gasteiger charge is 2.12. The molecule has 0 saturated carbocycles. The molecule has 0 amide bonds. The van der Waals surface area contributed by atoms with Gasteiger partial charge in [0, 0.05) is 17.6 Å². The molecule has 150 valence electrons. The van der Waals surface area contributed by atoms with Crippen molar-refractivity contribution in [1.82, 2.24) is 5.32 Å². The molecular weight excluding hydrogens is 370 g/mol. The average molecular weight is 400 g/mol. The van der Waals surface area contributed by atoms with Crippen molar-refractivity contribution in [1.29, 1.82) is 0 Å². The molecule has 2 aromatic carbocycles. The SMILES string of the molecule is CCOc1cc(CNCCC2=CCCCC2)c(Cl)cc1OCc1ccccc1. The van der Waals surface area contributed by atoms with Crippen molar-refractivity contribution >= 4 is 11.6 Å². The molecule has 0 radical (unpaired) electrons. The number of ether oxygens (including phenoxy) is 2. The Kier molecular flexibility index (Phi) is 8.25.